The molecule has 0 aliphatic heterocycles. The van der Waals surface area contributed by atoms with Gasteiger partial charge in [0.05, 0.1) is 0 Å². The summed E-state index contributed by atoms with van der Waals surface area (Å²) in [6, 6.07) is 5.89. The molecule has 1 fully saturated rings. The highest BCUT2D eigenvalue weighted by Crippen LogP contribution is 2.29. The largest absolute Gasteiger partial charge is 0.299 e. The number of ketones is 1. The second kappa shape index (κ2) is 5.95. The molecule has 0 spiro atoms. The van der Waals surface area contributed by atoms with Crippen molar-refractivity contribution in [3.63, 3.8) is 0 Å². The van der Waals surface area contributed by atoms with Gasteiger partial charge in [-0.25, -0.2) is 0 Å². The van der Waals surface area contributed by atoms with Crippen LogP contribution in [0.2, 0.25) is 0 Å². The van der Waals surface area contributed by atoms with E-state index in [4.69, 9.17) is 0 Å². The van der Waals surface area contributed by atoms with Crippen LogP contribution >= 0.6 is 0 Å². The van der Waals surface area contributed by atoms with Gasteiger partial charge in [-0.2, -0.15) is 0 Å². The number of carbonyl (C=O) groups excluding carboxylic acids is 1. The lowest BCUT2D eigenvalue weighted by molar-refractivity contribution is -0.124. The fraction of sp³-hybridized carbons (Fsp3) is 0.600. The topological polar surface area (TPSA) is 30.0 Å². The highest BCUT2D eigenvalue weighted by molar-refractivity contribution is 5.81. The van der Waals surface area contributed by atoms with Crippen LogP contribution in [-0.2, 0) is 11.2 Å². The normalized spacial score (nSPS) is 24.5. The smallest absolute Gasteiger partial charge is 0.136 e. The second-order valence-corrected chi connectivity index (χ2v) is 5.24. The molecule has 0 aromatic carbocycles. The highest BCUT2D eigenvalue weighted by Gasteiger charge is 2.23. The number of hydrogen-bond donors (Lipinski definition) is 0. The average molecular weight is 231 g/mol. The molecule has 2 nitrogen and oxygen atoms in total. The lowest BCUT2D eigenvalue weighted by Gasteiger charge is -2.24. The number of nitrogens with zero attached hydrogens (tertiary/aromatic N) is 1. The van der Waals surface area contributed by atoms with Crippen molar-refractivity contribution in [2.24, 2.45) is 11.8 Å². The van der Waals surface area contributed by atoms with Crippen LogP contribution in [0.1, 0.15) is 44.7 Å². The first-order valence-electron chi connectivity index (χ1n) is 6.68. The van der Waals surface area contributed by atoms with E-state index in [0.29, 0.717) is 18.1 Å². The maximum atomic E-state index is 12.1. The van der Waals surface area contributed by atoms with Crippen molar-refractivity contribution in [2.45, 2.75) is 45.4 Å². The number of carbonyl (C=O) groups is 1. The van der Waals surface area contributed by atoms with Crippen molar-refractivity contribution in [1.29, 1.82) is 0 Å². The van der Waals surface area contributed by atoms with Crippen molar-refractivity contribution >= 4 is 5.78 Å². The number of aromatic nitrogens is 1. The monoisotopic (exact) mass is 231 g/mol. The van der Waals surface area contributed by atoms with Gasteiger partial charge >= 0.3 is 0 Å². The molecule has 1 aliphatic rings. The molecule has 0 radical (unpaired) electrons. The Morgan fingerprint density at radius 2 is 2.06 bits per heavy atom. The molecule has 1 aliphatic carbocycles. The Kier molecular flexibility index (Phi) is 4.29. The van der Waals surface area contributed by atoms with Crippen LogP contribution in [0.25, 0.3) is 0 Å². The van der Waals surface area contributed by atoms with Gasteiger partial charge in [0.25, 0.3) is 0 Å². The molecule has 1 aromatic rings. The Morgan fingerprint density at radius 3 is 2.71 bits per heavy atom. The predicted octanol–water partition coefficient (Wildman–Crippen LogP) is 3.41. The van der Waals surface area contributed by atoms with Gasteiger partial charge in [0.1, 0.15) is 5.78 Å². The first kappa shape index (κ1) is 12.3. The summed E-state index contributed by atoms with van der Waals surface area (Å²) in [5.74, 6) is 1.59. The highest BCUT2D eigenvalue weighted by atomic mass is 16.1. The average Bonchev–Trinajstić information content (AvgIpc) is 2.38. The number of pyridine rings is 1. The van der Waals surface area contributed by atoms with Crippen molar-refractivity contribution in [1.82, 2.24) is 4.98 Å². The molecule has 0 unspecified atom stereocenters. The van der Waals surface area contributed by atoms with Crippen LogP contribution in [0, 0.1) is 11.8 Å². The standard InChI is InChI=1S/C15H21NO/c1-12-5-7-13(8-6-12)15(17)10-9-14-4-2-3-11-16-14/h2-4,11-13H,5-10H2,1H3. The van der Waals surface area contributed by atoms with E-state index in [0.717, 1.165) is 30.9 Å². The second-order valence-electron chi connectivity index (χ2n) is 5.24. The fourth-order valence-electron chi connectivity index (χ4n) is 2.58. The third-order valence-electron chi connectivity index (χ3n) is 3.82. The van der Waals surface area contributed by atoms with Gasteiger partial charge < -0.3 is 0 Å². The Bertz CT molecular complexity index is 352. The van der Waals surface area contributed by atoms with E-state index in [1.54, 1.807) is 6.20 Å². The molecule has 2 heteroatoms. The van der Waals surface area contributed by atoms with Crippen molar-refractivity contribution in [2.75, 3.05) is 0 Å². The number of Topliss-reactive ketones (excluding diaryl/α,β-unsaturated/α-hetero) is 1. The van der Waals surface area contributed by atoms with Gasteiger partial charge in [-0.3, -0.25) is 9.78 Å². The van der Waals surface area contributed by atoms with Gasteiger partial charge in [0, 0.05) is 24.2 Å². The molecule has 1 saturated carbocycles. The number of aryl methyl sites for hydroxylation is 1. The summed E-state index contributed by atoms with van der Waals surface area (Å²) in [4.78, 5) is 16.3. The van der Waals surface area contributed by atoms with E-state index < -0.39 is 0 Å². The van der Waals surface area contributed by atoms with Gasteiger partial charge in [-0.15, -0.1) is 0 Å². The molecule has 2 rings (SSSR count). The first-order chi connectivity index (χ1) is 8.25. The summed E-state index contributed by atoms with van der Waals surface area (Å²) < 4.78 is 0. The van der Waals surface area contributed by atoms with Gasteiger partial charge in [0.2, 0.25) is 0 Å². The van der Waals surface area contributed by atoms with Crippen molar-refractivity contribution in [3.8, 4) is 0 Å². The maximum absolute atomic E-state index is 12.1. The SMILES string of the molecule is CC1CCC(C(=O)CCc2ccccn2)CC1. The minimum atomic E-state index is 0.329. The van der Waals surface area contributed by atoms with Crippen molar-refractivity contribution in [3.05, 3.63) is 30.1 Å². The predicted molar refractivity (Wildman–Crippen MR) is 68.7 cm³/mol. The molecule has 92 valence electrons. The summed E-state index contributed by atoms with van der Waals surface area (Å²) in [5.41, 5.74) is 1.03. The van der Waals surface area contributed by atoms with E-state index in [-0.39, 0.29) is 0 Å². The van der Waals surface area contributed by atoms with Crippen LogP contribution in [-0.4, -0.2) is 10.8 Å². The molecule has 1 aromatic heterocycles. The Labute approximate surface area is 103 Å². The summed E-state index contributed by atoms with van der Waals surface area (Å²) >= 11 is 0. The van der Waals surface area contributed by atoms with E-state index in [1.165, 1.54) is 12.8 Å². The zero-order valence-corrected chi connectivity index (χ0v) is 10.6. The van der Waals surface area contributed by atoms with Gasteiger partial charge in [-0.05, 0) is 37.3 Å². The molecule has 17 heavy (non-hydrogen) atoms. The van der Waals surface area contributed by atoms with Crippen LogP contribution in [0.3, 0.4) is 0 Å². The summed E-state index contributed by atoms with van der Waals surface area (Å²) in [7, 11) is 0. The third-order valence-corrected chi connectivity index (χ3v) is 3.82. The Balaban J connectivity index is 1.78. The third kappa shape index (κ3) is 3.65. The molecule has 0 N–H and O–H groups in total. The molecule has 0 bridgehead atoms. The summed E-state index contributed by atoms with van der Waals surface area (Å²) in [6.45, 7) is 2.29. The van der Waals surface area contributed by atoms with E-state index in [9.17, 15) is 4.79 Å². The quantitative estimate of drug-likeness (QED) is 0.794. The van der Waals surface area contributed by atoms with E-state index in [2.05, 4.69) is 11.9 Å². The zero-order chi connectivity index (χ0) is 12.1. The summed E-state index contributed by atoms with van der Waals surface area (Å²) in [5, 5.41) is 0. The minimum absolute atomic E-state index is 0.329. The van der Waals surface area contributed by atoms with Crippen LogP contribution in [0.5, 0.6) is 0 Å². The van der Waals surface area contributed by atoms with Gasteiger partial charge in [-0.1, -0.05) is 25.8 Å². The van der Waals surface area contributed by atoms with E-state index in [1.807, 2.05) is 18.2 Å². The molecule has 0 atom stereocenters. The Hall–Kier alpha value is -1.18. The first-order valence-corrected chi connectivity index (χ1v) is 6.68. The van der Waals surface area contributed by atoms with Gasteiger partial charge in [0.15, 0.2) is 0 Å². The lowest BCUT2D eigenvalue weighted by Crippen LogP contribution is -2.21. The summed E-state index contributed by atoms with van der Waals surface area (Å²) in [6.07, 6.45) is 7.90. The maximum Gasteiger partial charge on any atom is 0.136 e. The number of hydrogen-bond acceptors (Lipinski definition) is 2. The van der Waals surface area contributed by atoms with Crippen LogP contribution in [0.4, 0.5) is 0 Å². The van der Waals surface area contributed by atoms with Crippen LogP contribution < -0.4 is 0 Å². The van der Waals surface area contributed by atoms with E-state index >= 15 is 0 Å². The molecular formula is C15H21NO. The fourth-order valence-corrected chi connectivity index (χ4v) is 2.58. The number of rotatable bonds is 4. The van der Waals surface area contributed by atoms with Crippen molar-refractivity contribution < 1.29 is 4.79 Å². The zero-order valence-electron chi connectivity index (χ0n) is 10.6. The van der Waals surface area contributed by atoms with Crippen LogP contribution in [0.15, 0.2) is 24.4 Å². The molecular weight excluding hydrogens is 210 g/mol. The minimum Gasteiger partial charge on any atom is -0.299 e. The Morgan fingerprint density at radius 1 is 1.29 bits per heavy atom. The molecule has 1 heterocycles. The molecule has 0 saturated heterocycles. The lowest BCUT2D eigenvalue weighted by atomic mass is 9.80. The molecule has 0 amide bonds.